The quantitative estimate of drug-likeness (QED) is 0.689. The van der Waals surface area contributed by atoms with Crippen LogP contribution in [0, 0.1) is 0 Å². The van der Waals surface area contributed by atoms with E-state index in [9.17, 15) is 9.90 Å². The standard InChI is InChI=1S/C20H17ClN2O4/c1-2-15-19(20(24)25)22-18(27-15)11-23-10-12-5-3-4-6-16(12)26-17-8-7-13(21)9-14(17)23/h3-9H,2,10-11H2,1H3,(H,24,25). The number of carboxylic acids is 1. The van der Waals surface area contributed by atoms with Crippen molar-refractivity contribution in [3.8, 4) is 11.5 Å². The van der Waals surface area contributed by atoms with Gasteiger partial charge in [0.1, 0.15) is 11.5 Å². The van der Waals surface area contributed by atoms with Crippen LogP contribution in [0.4, 0.5) is 5.69 Å². The summed E-state index contributed by atoms with van der Waals surface area (Å²) >= 11 is 6.20. The summed E-state index contributed by atoms with van der Waals surface area (Å²) in [5.74, 6) is 1.07. The minimum absolute atomic E-state index is 0.0368. The van der Waals surface area contributed by atoms with Gasteiger partial charge in [0.05, 0.1) is 12.2 Å². The van der Waals surface area contributed by atoms with E-state index in [0.29, 0.717) is 41.9 Å². The van der Waals surface area contributed by atoms with Gasteiger partial charge in [-0.25, -0.2) is 9.78 Å². The second-order valence-electron chi connectivity index (χ2n) is 6.22. The lowest BCUT2D eigenvalue weighted by molar-refractivity contribution is 0.0689. The molecule has 3 aromatic rings. The molecule has 0 saturated carbocycles. The molecule has 6 nitrogen and oxygen atoms in total. The maximum Gasteiger partial charge on any atom is 0.358 e. The van der Waals surface area contributed by atoms with Gasteiger partial charge in [0.25, 0.3) is 0 Å². The van der Waals surface area contributed by atoms with Gasteiger partial charge in [-0.3, -0.25) is 0 Å². The van der Waals surface area contributed by atoms with E-state index in [1.54, 1.807) is 6.07 Å². The summed E-state index contributed by atoms with van der Waals surface area (Å²) in [4.78, 5) is 17.6. The highest BCUT2D eigenvalue weighted by Crippen LogP contribution is 2.40. The van der Waals surface area contributed by atoms with E-state index >= 15 is 0 Å². The molecule has 1 aromatic heterocycles. The Labute approximate surface area is 161 Å². The Hall–Kier alpha value is -2.99. The molecule has 0 radical (unpaired) electrons. The number of rotatable bonds is 4. The van der Waals surface area contributed by atoms with E-state index in [4.69, 9.17) is 20.8 Å². The van der Waals surface area contributed by atoms with Crippen molar-refractivity contribution in [2.24, 2.45) is 0 Å². The van der Waals surface area contributed by atoms with Crippen LogP contribution in [-0.4, -0.2) is 16.1 Å². The number of fused-ring (bicyclic) bond motifs is 2. The zero-order valence-electron chi connectivity index (χ0n) is 14.6. The van der Waals surface area contributed by atoms with Crippen LogP contribution < -0.4 is 9.64 Å². The van der Waals surface area contributed by atoms with Gasteiger partial charge in [-0.1, -0.05) is 36.7 Å². The van der Waals surface area contributed by atoms with Crippen molar-refractivity contribution in [2.75, 3.05) is 4.90 Å². The number of aromatic carboxylic acids is 1. The van der Waals surface area contributed by atoms with E-state index < -0.39 is 5.97 Å². The molecule has 1 aliphatic rings. The highest BCUT2D eigenvalue weighted by atomic mass is 35.5. The number of ether oxygens (including phenoxy) is 1. The second kappa shape index (κ2) is 6.96. The first kappa shape index (κ1) is 17.4. The third-order valence-electron chi connectivity index (χ3n) is 4.41. The zero-order valence-corrected chi connectivity index (χ0v) is 15.4. The SMILES string of the molecule is CCc1oc(CN2Cc3ccccc3Oc3ccc(Cl)cc32)nc1C(=O)O. The summed E-state index contributed by atoms with van der Waals surface area (Å²) in [5, 5.41) is 9.90. The predicted octanol–water partition coefficient (Wildman–Crippen LogP) is 4.90. The highest BCUT2D eigenvalue weighted by Gasteiger charge is 2.24. The monoisotopic (exact) mass is 384 g/mol. The first-order valence-electron chi connectivity index (χ1n) is 8.57. The third kappa shape index (κ3) is 3.36. The van der Waals surface area contributed by atoms with Gasteiger partial charge < -0.3 is 19.2 Å². The number of oxazole rings is 1. The maximum atomic E-state index is 11.4. The lowest BCUT2D eigenvalue weighted by Gasteiger charge is -2.22. The number of carbonyl (C=O) groups is 1. The molecule has 27 heavy (non-hydrogen) atoms. The van der Waals surface area contributed by atoms with Gasteiger partial charge in [-0.05, 0) is 24.3 Å². The molecule has 0 atom stereocenters. The number of benzene rings is 2. The van der Waals surface area contributed by atoms with Gasteiger partial charge in [0.2, 0.25) is 5.89 Å². The molecule has 0 aliphatic carbocycles. The summed E-state index contributed by atoms with van der Waals surface area (Å²) in [6.07, 6.45) is 0.461. The molecule has 138 valence electrons. The van der Waals surface area contributed by atoms with Gasteiger partial charge in [0, 0.05) is 23.6 Å². The number of carboxylic acid groups (broad SMARTS) is 1. The van der Waals surface area contributed by atoms with Gasteiger partial charge in [-0.15, -0.1) is 0 Å². The van der Waals surface area contributed by atoms with Crippen molar-refractivity contribution < 1.29 is 19.1 Å². The molecule has 2 aromatic carbocycles. The number of hydrogen-bond acceptors (Lipinski definition) is 5. The Balaban J connectivity index is 1.75. The van der Waals surface area contributed by atoms with Crippen LogP contribution >= 0.6 is 11.6 Å². The Bertz CT molecular complexity index is 1010. The molecule has 1 aliphatic heterocycles. The largest absolute Gasteiger partial charge is 0.476 e. The first-order valence-corrected chi connectivity index (χ1v) is 8.95. The lowest BCUT2D eigenvalue weighted by Crippen LogP contribution is -2.21. The van der Waals surface area contributed by atoms with Crippen LogP contribution in [0.2, 0.25) is 5.02 Å². The van der Waals surface area contributed by atoms with Crippen LogP contribution in [0.3, 0.4) is 0 Å². The number of hydrogen-bond donors (Lipinski definition) is 1. The Morgan fingerprint density at radius 2 is 2.07 bits per heavy atom. The lowest BCUT2D eigenvalue weighted by atomic mass is 10.2. The van der Waals surface area contributed by atoms with Crippen molar-refractivity contribution in [1.29, 1.82) is 0 Å². The fourth-order valence-electron chi connectivity index (χ4n) is 3.15. The smallest absolute Gasteiger partial charge is 0.358 e. The fourth-order valence-corrected chi connectivity index (χ4v) is 3.31. The van der Waals surface area contributed by atoms with Crippen molar-refractivity contribution >= 4 is 23.3 Å². The second-order valence-corrected chi connectivity index (χ2v) is 6.65. The molecule has 2 heterocycles. The van der Waals surface area contributed by atoms with Gasteiger partial charge >= 0.3 is 5.97 Å². The molecule has 0 fully saturated rings. The van der Waals surface area contributed by atoms with Crippen LogP contribution in [0.1, 0.15) is 34.6 Å². The molecular formula is C20H17ClN2O4. The Kier molecular flexibility index (Phi) is 4.49. The molecule has 0 unspecified atom stereocenters. The average Bonchev–Trinajstić information content (AvgIpc) is 3.00. The van der Waals surface area contributed by atoms with Crippen molar-refractivity contribution in [3.05, 3.63) is 70.4 Å². The summed E-state index contributed by atoms with van der Waals surface area (Å²) in [6, 6.07) is 13.2. The zero-order chi connectivity index (χ0) is 19.0. The van der Waals surface area contributed by atoms with Gasteiger partial charge in [0.15, 0.2) is 11.4 Å². The summed E-state index contributed by atoms with van der Waals surface area (Å²) in [6.45, 7) is 2.68. The Morgan fingerprint density at radius 3 is 2.81 bits per heavy atom. The maximum absolute atomic E-state index is 11.4. The van der Waals surface area contributed by atoms with Gasteiger partial charge in [-0.2, -0.15) is 0 Å². The minimum atomic E-state index is -1.09. The third-order valence-corrected chi connectivity index (χ3v) is 4.64. The molecule has 0 spiro atoms. The molecule has 0 bridgehead atoms. The van der Waals surface area contributed by atoms with Crippen molar-refractivity contribution in [1.82, 2.24) is 4.98 Å². The molecule has 0 saturated heterocycles. The van der Waals surface area contributed by atoms with E-state index in [1.807, 2.05) is 48.2 Å². The van der Waals surface area contributed by atoms with Crippen LogP contribution in [-0.2, 0) is 19.5 Å². The van der Waals surface area contributed by atoms with E-state index in [1.165, 1.54) is 0 Å². The topological polar surface area (TPSA) is 75.8 Å². The average molecular weight is 385 g/mol. The number of para-hydroxylation sites is 1. The van der Waals surface area contributed by atoms with E-state index in [0.717, 1.165) is 17.0 Å². The van der Waals surface area contributed by atoms with E-state index in [2.05, 4.69) is 4.98 Å². The fraction of sp³-hybridized carbons (Fsp3) is 0.200. The molecule has 4 rings (SSSR count). The molecule has 0 amide bonds. The highest BCUT2D eigenvalue weighted by molar-refractivity contribution is 6.31. The number of anilines is 1. The molecular weight excluding hydrogens is 368 g/mol. The summed E-state index contributed by atoms with van der Waals surface area (Å²) < 4.78 is 11.8. The predicted molar refractivity (Wildman–Crippen MR) is 101 cm³/mol. The van der Waals surface area contributed by atoms with Crippen LogP contribution in [0.15, 0.2) is 46.9 Å². The van der Waals surface area contributed by atoms with Crippen LogP contribution in [0.5, 0.6) is 11.5 Å². The summed E-state index contributed by atoms with van der Waals surface area (Å²) in [7, 11) is 0. The number of nitrogens with zero attached hydrogens (tertiary/aromatic N) is 2. The molecule has 1 N–H and O–H groups in total. The Morgan fingerprint density at radius 1 is 1.26 bits per heavy atom. The normalized spacial score (nSPS) is 12.7. The van der Waals surface area contributed by atoms with E-state index in [-0.39, 0.29) is 5.69 Å². The minimum Gasteiger partial charge on any atom is -0.476 e. The number of aromatic nitrogens is 1. The van der Waals surface area contributed by atoms with Crippen molar-refractivity contribution in [2.45, 2.75) is 26.4 Å². The number of halogens is 1. The van der Waals surface area contributed by atoms with Crippen molar-refractivity contribution in [3.63, 3.8) is 0 Å². The molecule has 7 heteroatoms. The summed E-state index contributed by atoms with van der Waals surface area (Å²) in [5.41, 5.74) is 1.77. The van der Waals surface area contributed by atoms with Crippen LogP contribution in [0.25, 0.3) is 0 Å². The number of aryl methyl sites for hydroxylation is 1. The first-order chi connectivity index (χ1) is 13.0.